The number of rotatable bonds is 18. The molecule has 0 bridgehead atoms. The van der Waals surface area contributed by atoms with Crippen molar-refractivity contribution in [3.8, 4) is 0 Å². The zero-order valence-corrected chi connectivity index (χ0v) is 26.6. The van der Waals surface area contributed by atoms with Crippen molar-refractivity contribution < 1.29 is 33.0 Å². The average Bonchev–Trinajstić information content (AvgIpc) is 3.27. The lowest BCUT2D eigenvalue weighted by molar-refractivity contribution is -0.224. The summed E-state index contributed by atoms with van der Waals surface area (Å²) in [6, 6.07) is 10.7. The minimum absolute atomic E-state index is 0.0867. The first-order valence-corrected chi connectivity index (χ1v) is 17.3. The maximum Gasteiger partial charge on any atom is 0.305 e. The summed E-state index contributed by atoms with van der Waals surface area (Å²) in [5.41, 5.74) is 1.21. The van der Waals surface area contributed by atoms with Crippen LogP contribution in [0.3, 0.4) is 0 Å². The van der Waals surface area contributed by atoms with Gasteiger partial charge in [0.15, 0.2) is 8.32 Å². The average molecular weight is 568 g/mol. The van der Waals surface area contributed by atoms with Gasteiger partial charge in [0.05, 0.1) is 26.4 Å². The van der Waals surface area contributed by atoms with Crippen molar-refractivity contribution in [2.24, 2.45) is 0 Å². The quantitative estimate of drug-likeness (QED) is 0.0912. The number of esters is 1. The summed E-state index contributed by atoms with van der Waals surface area (Å²) in [7, 11) is 1.07. The monoisotopic (exact) mass is 567 g/mol. The zero-order valence-electron chi connectivity index (χ0n) is 25.6. The molecule has 1 aliphatic heterocycles. The summed E-state index contributed by atoms with van der Waals surface area (Å²) >= 11 is 0. The molecular formula is C30H53NO7Si. The molecule has 1 fully saturated rings. The van der Waals surface area contributed by atoms with Crippen LogP contribution in [0.25, 0.3) is 0 Å². The molecule has 2 rings (SSSR count). The first kappa shape index (κ1) is 33.9. The minimum atomic E-state index is -2.03. The van der Waals surface area contributed by atoms with E-state index in [2.05, 4.69) is 70.1 Å². The summed E-state index contributed by atoms with van der Waals surface area (Å²) in [5, 5.41) is 2.21. The van der Waals surface area contributed by atoms with Crippen LogP contribution in [-0.2, 0) is 39.6 Å². The highest BCUT2D eigenvalue weighted by atomic mass is 28.4. The van der Waals surface area contributed by atoms with E-state index >= 15 is 0 Å². The van der Waals surface area contributed by atoms with Gasteiger partial charge < -0.3 is 23.4 Å². The van der Waals surface area contributed by atoms with E-state index in [1.165, 1.54) is 12.7 Å². The Morgan fingerprint density at radius 3 is 2.46 bits per heavy atom. The van der Waals surface area contributed by atoms with Gasteiger partial charge in [0.25, 0.3) is 0 Å². The number of methoxy groups -OCH3 is 2. The molecule has 0 saturated carbocycles. The van der Waals surface area contributed by atoms with E-state index in [4.69, 9.17) is 28.2 Å². The standard InChI is InChI=1S/C30H53NO7Si/c1-24(38-39(7,8)30(2,3)4)29(36-23-35-20-19-33-5)27-21-26(17-13-10-14-18-28(32)34-6)31(37-27)22-25-15-11-9-12-16-25/h9,11-12,15-16,24,26-27,29H,10,13-14,17-23H2,1-8H3/t24-,26+,27-,29-/m1/s1. The van der Waals surface area contributed by atoms with E-state index in [0.29, 0.717) is 26.2 Å². The van der Waals surface area contributed by atoms with Crippen molar-refractivity contribution >= 4 is 14.3 Å². The first-order chi connectivity index (χ1) is 18.5. The number of hydroxylamine groups is 2. The van der Waals surface area contributed by atoms with Gasteiger partial charge in [-0.25, -0.2) is 0 Å². The van der Waals surface area contributed by atoms with Gasteiger partial charge in [-0.2, -0.15) is 5.06 Å². The fourth-order valence-electron chi connectivity index (χ4n) is 4.58. The van der Waals surface area contributed by atoms with E-state index in [1.807, 2.05) is 6.07 Å². The molecule has 0 radical (unpaired) electrons. The molecule has 39 heavy (non-hydrogen) atoms. The van der Waals surface area contributed by atoms with Crippen LogP contribution in [0.1, 0.15) is 71.8 Å². The third-order valence-corrected chi connectivity index (χ3v) is 12.5. The number of unbranched alkanes of at least 4 members (excludes halogenated alkanes) is 2. The SMILES string of the molecule is COCCOCO[C@H]([C@@H](C)O[Si](C)(C)C(C)(C)C)[C@H]1C[C@H](CCCCCC(=O)OC)N(Cc2ccccc2)O1. The minimum Gasteiger partial charge on any atom is -0.469 e. The van der Waals surface area contributed by atoms with Gasteiger partial charge in [-0.05, 0) is 49.9 Å². The molecule has 0 spiro atoms. The smallest absolute Gasteiger partial charge is 0.305 e. The lowest BCUT2D eigenvalue weighted by Crippen LogP contribution is -2.49. The highest BCUT2D eigenvalue weighted by molar-refractivity contribution is 6.74. The van der Waals surface area contributed by atoms with Crippen LogP contribution in [0.2, 0.25) is 18.1 Å². The van der Waals surface area contributed by atoms with Crippen LogP contribution in [0.5, 0.6) is 0 Å². The largest absolute Gasteiger partial charge is 0.469 e. The van der Waals surface area contributed by atoms with Gasteiger partial charge in [-0.3, -0.25) is 9.63 Å². The molecule has 1 aliphatic rings. The van der Waals surface area contributed by atoms with Crippen molar-refractivity contribution in [1.29, 1.82) is 0 Å². The van der Waals surface area contributed by atoms with Crippen LogP contribution >= 0.6 is 0 Å². The summed E-state index contributed by atoms with van der Waals surface area (Å²) in [5.74, 6) is -0.145. The number of carbonyl (C=O) groups excluding carboxylic acids is 1. The third kappa shape index (κ3) is 11.6. The maximum absolute atomic E-state index is 11.5. The van der Waals surface area contributed by atoms with Crippen LogP contribution in [0, 0.1) is 0 Å². The zero-order chi connectivity index (χ0) is 28.9. The molecule has 0 unspecified atom stereocenters. The molecule has 1 saturated heterocycles. The number of ether oxygens (including phenoxy) is 4. The van der Waals surface area contributed by atoms with Crippen molar-refractivity contribution in [1.82, 2.24) is 5.06 Å². The predicted octanol–water partition coefficient (Wildman–Crippen LogP) is 6.10. The molecule has 0 aliphatic carbocycles. The number of nitrogens with zero attached hydrogens (tertiary/aromatic N) is 1. The Balaban J connectivity index is 2.13. The molecule has 8 nitrogen and oxygen atoms in total. The number of carbonyl (C=O) groups is 1. The topological polar surface area (TPSA) is 75.7 Å². The summed E-state index contributed by atoms with van der Waals surface area (Å²) in [4.78, 5) is 18.1. The van der Waals surface area contributed by atoms with Crippen LogP contribution < -0.4 is 0 Å². The van der Waals surface area contributed by atoms with Crippen molar-refractivity contribution in [2.45, 2.75) is 115 Å². The number of hydrogen-bond donors (Lipinski definition) is 0. The second kappa shape index (κ2) is 16.8. The highest BCUT2D eigenvalue weighted by Crippen LogP contribution is 2.39. The molecule has 9 heteroatoms. The lowest BCUT2D eigenvalue weighted by atomic mass is 9.98. The Bertz CT molecular complexity index is 817. The van der Waals surface area contributed by atoms with Crippen LogP contribution in [0.4, 0.5) is 0 Å². The molecule has 0 amide bonds. The Hall–Kier alpha value is -1.33. The van der Waals surface area contributed by atoms with Gasteiger partial charge in [0.1, 0.15) is 19.0 Å². The Morgan fingerprint density at radius 1 is 1.10 bits per heavy atom. The molecule has 1 aromatic carbocycles. The molecule has 1 aromatic rings. The van der Waals surface area contributed by atoms with Crippen molar-refractivity contribution in [2.75, 3.05) is 34.2 Å². The molecule has 1 heterocycles. The number of benzene rings is 1. The van der Waals surface area contributed by atoms with E-state index in [-0.39, 0.29) is 42.2 Å². The normalized spacial score (nSPS) is 20.2. The first-order valence-electron chi connectivity index (χ1n) is 14.4. The summed E-state index contributed by atoms with van der Waals surface area (Å²) < 4.78 is 28.7. The maximum atomic E-state index is 11.5. The van der Waals surface area contributed by atoms with Gasteiger partial charge in [0.2, 0.25) is 0 Å². The second-order valence-electron chi connectivity index (χ2n) is 12.0. The molecular weight excluding hydrogens is 514 g/mol. The summed E-state index contributed by atoms with van der Waals surface area (Å²) in [6.45, 7) is 15.3. The van der Waals surface area contributed by atoms with Crippen molar-refractivity contribution in [3.63, 3.8) is 0 Å². The second-order valence-corrected chi connectivity index (χ2v) is 16.8. The van der Waals surface area contributed by atoms with E-state index in [9.17, 15) is 4.79 Å². The molecule has 0 aromatic heterocycles. The van der Waals surface area contributed by atoms with Crippen LogP contribution in [0.15, 0.2) is 30.3 Å². The highest BCUT2D eigenvalue weighted by Gasteiger charge is 2.44. The lowest BCUT2D eigenvalue weighted by Gasteiger charge is -2.41. The van der Waals surface area contributed by atoms with Gasteiger partial charge in [0, 0.05) is 26.1 Å². The van der Waals surface area contributed by atoms with Crippen LogP contribution in [-0.4, -0.2) is 77.9 Å². The van der Waals surface area contributed by atoms with Crippen molar-refractivity contribution in [3.05, 3.63) is 35.9 Å². The predicted molar refractivity (Wildman–Crippen MR) is 156 cm³/mol. The number of hydrogen-bond acceptors (Lipinski definition) is 8. The fourth-order valence-corrected chi connectivity index (χ4v) is 6.00. The molecule has 4 atom stereocenters. The van der Waals surface area contributed by atoms with E-state index < -0.39 is 8.32 Å². The van der Waals surface area contributed by atoms with E-state index in [1.54, 1.807) is 7.11 Å². The van der Waals surface area contributed by atoms with E-state index in [0.717, 1.165) is 32.1 Å². The van der Waals surface area contributed by atoms with Gasteiger partial charge in [-0.15, -0.1) is 0 Å². The Labute approximate surface area is 237 Å². The molecule has 224 valence electrons. The fraction of sp³-hybridized carbons (Fsp3) is 0.767. The Morgan fingerprint density at radius 2 is 1.82 bits per heavy atom. The third-order valence-electron chi connectivity index (χ3n) is 7.90. The summed E-state index contributed by atoms with van der Waals surface area (Å²) in [6.07, 6.45) is 4.55. The van der Waals surface area contributed by atoms with Gasteiger partial charge >= 0.3 is 5.97 Å². The van der Waals surface area contributed by atoms with Gasteiger partial charge in [-0.1, -0.05) is 63.9 Å². The molecule has 0 N–H and O–H groups in total. The Kier molecular flexibility index (Phi) is 14.6.